The topological polar surface area (TPSA) is 152 Å². The number of carbonyl (C=O) groups is 4. The number of ether oxygens (including phenoxy) is 2. The number of ketones is 1. The molecule has 12 nitrogen and oxygen atoms in total. The predicted octanol–water partition coefficient (Wildman–Crippen LogP) is 6.08. The number of carbonyl (C=O) groups excluding carboxylic acids is 4. The summed E-state index contributed by atoms with van der Waals surface area (Å²) in [6.07, 6.45) is 5.01. The molecule has 4 aliphatic rings. The summed E-state index contributed by atoms with van der Waals surface area (Å²) in [5.41, 5.74) is 0.289. The van der Waals surface area contributed by atoms with E-state index in [0.29, 0.717) is 48.6 Å². The molecule has 3 aromatic rings. The number of fused-ring (bicyclic) bond motifs is 1. The molecular formula is C44H54N4O8S. The third-order valence-electron chi connectivity index (χ3n) is 12.2. The summed E-state index contributed by atoms with van der Waals surface area (Å²) in [4.78, 5) is 65.2. The minimum atomic E-state index is -3.86. The van der Waals surface area contributed by atoms with Crippen molar-refractivity contribution in [1.82, 2.24) is 19.5 Å². The van der Waals surface area contributed by atoms with Gasteiger partial charge in [0.05, 0.1) is 47.5 Å². The van der Waals surface area contributed by atoms with Crippen LogP contribution in [-0.2, 0) is 29.2 Å². The molecule has 304 valence electrons. The van der Waals surface area contributed by atoms with Crippen LogP contribution in [0, 0.1) is 22.7 Å². The lowest BCUT2D eigenvalue weighted by Crippen LogP contribution is -2.49. The molecule has 2 saturated carbocycles. The van der Waals surface area contributed by atoms with E-state index in [1.165, 1.54) is 0 Å². The summed E-state index contributed by atoms with van der Waals surface area (Å²) in [6, 6.07) is 16.1. The zero-order valence-electron chi connectivity index (χ0n) is 33.4. The number of piperidine rings is 1. The molecule has 7 rings (SSSR count). The zero-order chi connectivity index (χ0) is 40.7. The van der Waals surface area contributed by atoms with Crippen LogP contribution < -0.4 is 14.2 Å². The Morgan fingerprint density at radius 3 is 2.39 bits per heavy atom. The van der Waals surface area contributed by atoms with Gasteiger partial charge in [0.1, 0.15) is 17.6 Å². The van der Waals surface area contributed by atoms with Gasteiger partial charge in [-0.15, -0.1) is 6.58 Å². The van der Waals surface area contributed by atoms with Gasteiger partial charge in [0.15, 0.2) is 5.78 Å². The molecule has 5 unspecified atom stereocenters. The van der Waals surface area contributed by atoms with Gasteiger partial charge >= 0.3 is 0 Å². The fourth-order valence-corrected chi connectivity index (χ4v) is 9.87. The van der Waals surface area contributed by atoms with Crippen molar-refractivity contribution in [2.75, 3.05) is 26.7 Å². The highest BCUT2D eigenvalue weighted by Gasteiger charge is 2.61. The molecule has 1 aromatic heterocycles. The van der Waals surface area contributed by atoms with Gasteiger partial charge in [0, 0.05) is 55.4 Å². The third kappa shape index (κ3) is 8.59. The van der Waals surface area contributed by atoms with Crippen LogP contribution in [0.4, 0.5) is 0 Å². The van der Waals surface area contributed by atoms with Crippen LogP contribution in [0.25, 0.3) is 22.2 Å². The number of methoxy groups -OCH3 is 1. The van der Waals surface area contributed by atoms with Crippen LogP contribution in [0.15, 0.2) is 67.3 Å². The van der Waals surface area contributed by atoms with Gasteiger partial charge in [-0.2, -0.15) is 0 Å². The quantitative estimate of drug-likeness (QED) is 0.191. The van der Waals surface area contributed by atoms with E-state index in [1.54, 1.807) is 18.1 Å². The fraction of sp³-hybridized carbons (Fsp3) is 0.523. The first-order valence-corrected chi connectivity index (χ1v) is 21.7. The lowest BCUT2D eigenvalue weighted by Gasteiger charge is -2.36. The van der Waals surface area contributed by atoms with Gasteiger partial charge in [-0.25, -0.2) is 13.4 Å². The van der Waals surface area contributed by atoms with E-state index in [-0.39, 0.29) is 49.8 Å². The average Bonchev–Trinajstić information content (AvgIpc) is 4.13. The number of nitrogens with zero attached hydrogens (tertiary/aromatic N) is 3. The molecule has 3 heterocycles. The lowest BCUT2D eigenvalue weighted by molar-refractivity contribution is -0.148. The molecule has 2 aliphatic carbocycles. The van der Waals surface area contributed by atoms with Crippen molar-refractivity contribution in [1.29, 1.82) is 0 Å². The first kappa shape index (κ1) is 40.4. The lowest BCUT2D eigenvalue weighted by atomic mass is 9.77. The number of allylic oxidation sites excluding steroid dienone is 1. The van der Waals surface area contributed by atoms with Crippen molar-refractivity contribution in [2.45, 2.75) is 96.0 Å². The van der Waals surface area contributed by atoms with Gasteiger partial charge < -0.3 is 19.3 Å². The molecule has 2 aromatic carbocycles. The van der Waals surface area contributed by atoms with Crippen LogP contribution in [-0.4, -0.2) is 90.8 Å². The second-order valence-electron chi connectivity index (χ2n) is 17.3. The van der Waals surface area contributed by atoms with E-state index in [9.17, 15) is 27.6 Å². The largest absolute Gasteiger partial charge is 0.497 e. The van der Waals surface area contributed by atoms with Gasteiger partial charge in [0.2, 0.25) is 27.7 Å². The van der Waals surface area contributed by atoms with E-state index < -0.39 is 56.0 Å². The number of nitrogens with one attached hydrogen (secondary N) is 1. The normalized spacial score (nSPS) is 24.1. The molecule has 13 heteroatoms. The van der Waals surface area contributed by atoms with Crippen molar-refractivity contribution in [3.63, 3.8) is 0 Å². The van der Waals surface area contributed by atoms with E-state index in [4.69, 9.17) is 14.5 Å². The van der Waals surface area contributed by atoms with Gasteiger partial charge in [-0.1, -0.05) is 57.2 Å². The zero-order valence-corrected chi connectivity index (χ0v) is 34.2. The van der Waals surface area contributed by atoms with Crippen molar-refractivity contribution >= 4 is 44.4 Å². The van der Waals surface area contributed by atoms with E-state index in [2.05, 4.69) is 11.3 Å². The summed E-state index contributed by atoms with van der Waals surface area (Å²) >= 11 is 0. The number of pyridine rings is 1. The molecule has 2 aliphatic heterocycles. The third-order valence-corrected chi connectivity index (χ3v) is 14.1. The Bertz CT molecular complexity index is 2160. The molecule has 2 saturated heterocycles. The summed E-state index contributed by atoms with van der Waals surface area (Å²) in [5, 5.41) is 0.118. The van der Waals surface area contributed by atoms with Gasteiger partial charge in [-0.05, 0) is 62.0 Å². The molecule has 0 radical (unpaired) electrons. The van der Waals surface area contributed by atoms with Crippen molar-refractivity contribution < 1.29 is 37.1 Å². The molecule has 0 bridgehead atoms. The number of benzene rings is 2. The second-order valence-corrected chi connectivity index (χ2v) is 19.3. The number of hydrogen-bond acceptors (Lipinski definition) is 9. The highest BCUT2D eigenvalue weighted by atomic mass is 32.2. The first-order chi connectivity index (χ1) is 27.1. The highest BCUT2D eigenvalue weighted by Crippen LogP contribution is 2.57. The Kier molecular flexibility index (Phi) is 11.3. The number of rotatable bonds is 14. The van der Waals surface area contributed by atoms with Crippen molar-refractivity contribution in [3.05, 3.63) is 67.3 Å². The van der Waals surface area contributed by atoms with Crippen LogP contribution in [0.3, 0.4) is 0 Å². The maximum Gasteiger partial charge on any atom is 0.240 e. The Labute approximate surface area is 335 Å². The minimum absolute atomic E-state index is 0.00639. The van der Waals surface area contributed by atoms with Crippen LogP contribution in [0.1, 0.15) is 78.6 Å². The predicted molar refractivity (Wildman–Crippen MR) is 217 cm³/mol. The van der Waals surface area contributed by atoms with Crippen LogP contribution in [0.5, 0.6) is 11.5 Å². The number of hydrogen-bond donors (Lipinski definition) is 1. The molecule has 4 fully saturated rings. The Morgan fingerprint density at radius 2 is 1.75 bits per heavy atom. The maximum absolute atomic E-state index is 14.9. The van der Waals surface area contributed by atoms with E-state index in [0.717, 1.165) is 30.2 Å². The number of amides is 3. The molecule has 57 heavy (non-hydrogen) atoms. The molecule has 1 N–H and O–H groups in total. The van der Waals surface area contributed by atoms with E-state index in [1.807, 2.05) is 80.3 Å². The van der Waals surface area contributed by atoms with Crippen molar-refractivity contribution in [3.8, 4) is 22.8 Å². The first-order valence-electron chi connectivity index (χ1n) is 20.1. The molecule has 0 spiro atoms. The number of aromatic nitrogens is 1. The maximum atomic E-state index is 14.9. The fourth-order valence-electron chi connectivity index (χ4n) is 8.49. The number of likely N-dealkylation sites (tertiary alicyclic amines) is 2. The molecule has 3 amide bonds. The smallest absolute Gasteiger partial charge is 0.240 e. The summed E-state index contributed by atoms with van der Waals surface area (Å²) in [5.74, 6) is -1.44. The monoisotopic (exact) mass is 798 g/mol. The summed E-state index contributed by atoms with van der Waals surface area (Å²) in [7, 11) is -2.27. The standard InChI is InChI=1S/C44H54N4O8S/c1-6-29-25-44(29,42(52)46-57(53,54)32-16-17-32)26-38(49)37-22-31(27-48(37)41(51)34(43(2,3)4)23-40(50)47-19-11-8-12-20-47)56-39-24-35(28-13-9-7-10-14-28)45-36-21-30(55-5)15-18-33(36)39/h6-7,9-10,13-15,18,21,24,29,31-32,34,37H,1,8,11-12,16-17,19-20,22-23,25-27H2,2-5H3,(H,46,52). The number of Topliss-reactive ketones (excluding diaryl/α,β-unsaturated/α-hetero) is 1. The average molecular weight is 799 g/mol. The Morgan fingerprint density at radius 1 is 1.04 bits per heavy atom. The Balaban J connectivity index is 1.21. The Hall–Kier alpha value is -4.78. The molecule has 5 atom stereocenters. The second kappa shape index (κ2) is 15.9. The number of sulfonamides is 1. The summed E-state index contributed by atoms with van der Waals surface area (Å²) in [6.45, 7) is 11.0. The summed E-state index contributed by atoms with van der Waals surface area (Å²) < 4.78 is 40.2. The SMILES string of the molecule is C=CC1CC1(CC(=O)C1CC(Oc2cc(-c3ccccc3)nc3cc(OC)ccc23)CN1C(=O)C(CC(=O)N1CCCCC1)C(C)(C)C)C(=O)NS(=O)(=O)C1CC1. The van der Waals surface area contributed by atoms with Crippen LogP contribution in [0.2, 0.25) is 0 Å². The minimum Gasteiger partial charge on any atom is -0.497 e. The van der Waals surface area contributed by atoms with Crippen molar-refractivity contribution in [2.24, 2.45) is 22.7 Å². The highest BCUT2D eigenvalue weighted by molar-refractivity contribution is 7.90. The van der Waals surface area contributed by atoms with Crippen LogP contribution >= 0.6 is 0 Å². The van der Waals surface area contributed by atoms with E-state index >= 15 is 0 Å². The van der Waals surface area contributed by atoms with Gasteiger partial charge in [0.25, 0.3) is 0 Å². The molecular weight excluding hydrogens is 745 g/mol. The van der Waals surface area contributed by atoms with Gasteiger partial charge in [-0.3, -0.25) is 23.9 Å².